The van der Waals surface area contributed by atoms with E-state index in [2.05, 4.69) is 45.5 Å². The Bertz CT molecular complexity index is 633. The molecular weight excluding hydrogens is 346 g/mol. The molecule has 0 spiro atoms. The molecule has 0 saturated carbocycles. The van der Waals surface area contributed by atoms with Crippen LogP contribution < -0.4 is 5.32 Å². The molecule has 0 fully saturated rings. The van der Waals surface area contributed by atoms with E-state index in [9.17, 15) is 0 Å². The summed E-state index contributed by atoms with van der Waals surface area (Å²) in [5, 5.41) is 4.18. The average Bonchev–Trinajstić information content (AvgIpc) is 2.47. The van der Waals surface area contributed by atoms with E-state index >= 15 is 0 Å². The van der Waals surface area contributed by atoms with Crippen molar-refractivity contribution >= 4 is 27.5 Å². The molecule has 3 rings (SSSR count). The van der Waals surface area contributed by atoms with Crippen molar-refractivity contribution in [2.24, 2.45) is 0 Å². The highest BCUT2D eigenvalue weighted by Gasteiger charge is 2.16. The third-order valence-corrected chi connectivity index (χ3v) is 4.89. The van der Waals surface area contributed by atoms with Gasteiger partial charge in [0.2, 0.25) is 0 Å². The van der Waals surface area contributed by atoms with Gasteiger partial charge in [0.05, 0.1) is 6.04 Å². The van der Waals surface area contributed by atoms with Crippen LogP contribution in [-0.4, -0.2) is 7.05 Å². The van der Waals surface area contributed by atoms with Crippen LogP contribution in [0.25, 0.3) is 0 Å². The van der Waals surface area contributed by atoms with E-state index in [1.807, 2.05) is 19.2 Å². The maximum absolute atomic E-state index is 6.20. The van der Waals surface area contributed by atoms with Crippen LogP contribution >= 0.6 is 27.5 Å². The molecule has 0 bridgehead atoms. The summed E-state index contributed by atoms with van der Waals surface area (Å²) in [6, 6.07) is 13.2. The first-order valence-corrected chi connectivity index (χ1v) is 8.59. The molecule has 0 saturated heterocycles. The standard InChI is InChI=1S/C18H19BrClN/c1-21-18(15-9-16(19)11-17(20)10-15)14-7-6-12-4-2-3-5-13(12)8-14/h6-11,18,21H,2-5H2,1H3. The molecule has 0 aromatic heterocycles. The monoisotopic (exact) mass is 363 g/mol. The van der Waals surface area contributed by atoms with Crippen LogP contribution in [0.5, 0.6) is 0 Å². The molecule has 0 amide bonds. The van der Waals surface area contributed by atoms with Gasteiger partial charge in [0, 0.05) is 9.50 Å². The van der Waals surface area contributed by atoms with E-state index in [1.165, 1.54) is 47.9 Å². The Morgan fingerprint density at radius 2 is 1.76 bits per heavy atom. The van der Waals surface area contributed by atoms with E-state index < -0.39 is 0 Å². The quantitative estimate of drug-likeness (QED) is 0.780. The Balaban J connectivity index is 1.99. The number of nitrogens with one attached hydrogen (secondary N) is 1. The normalized spacial score (nSPS) is 15.6. The van der Waals surface area contributed by atoms with Crippen LogP contribution in [0.2, 0.25) is 5.02 Å². The maximum atomic E-state index is 6.20. The first-order valence-electron chi connectivity index (χ1n) is 7.42. The molecule has 2 aromatic rings. The Morgan fingerprint density at radius 3 is 2.48 bits per heavy atom. The van der Waals surface area contributed by atoms with Crippen LogP contribution in [0.1, 0.15) is 41.1 Å². The first kappa shape index (κ1) is 15.1. The van der Waals surface area contributed by atoms with Crippen molar-refractivity contribution in [3.8, 4) is 0 Å². The average molecular weight is 365 g/mol. The summed E-state index contributed by atoms with van der Waals surface area (Å²) in [7, 11) is 2.00. The number of rotatable bonds is 3. The zero-order chi connectivity index (χ0) is 14.8. The molecule has 1 nitrogen and oxygen atoms in total. The van der Waals surface area contributed by atoms with Gasteiger partial charge in [-0.3, -0.25) is 0 Å². The predicted molar refractivity (Wildman–Crippen MR) is 93.1 cm³/mol. The van der Waals surface area contributed by atoms with Gasteiger partial charge in [0.1, 0.15) is 0 Å². The van der Waals surface area contributed by atoms with Gasteiger partial charge >= 0.3 is 0 Å². The lowest BCUT2D eigenvalue weighted by molar-refractivity contribution is 0.668. The second kappa shape index (κ2) is 6.51. The minimum atomic E-state index is 0.173. The highest BCUT2D eigenvalue weighted by Crippen LogP contribution is 2.30. The fraction of sp³-hybridized carbons (Fsp3) is 0.333. The smallest absolute Gasteiger partial charge is 0.0575 e. The Kier molecular flexibility index (Phi) is 4.68. The van der Waals surface area contributed by atoms with Crippen molar-refractivity contribution in [2.45, 2.75) is 31.7 Å². The summed E-state index contributed by atoms with van der Waals surface area (Å²) in [6.45, 7) is 0. The molecular formula is C18H19BrClN. The van der Waals surface area contributed by atoms with Gasteiger partial charge in [0.25, 0.3) is 0 Å². The van der Waals surface area contributed by atoms with Crippen molar-refractivity contribution in [3.63, 3.8) is 0 Å². The molecule has 0 radical (unpaired) electrons. The largest absolute Gasteiger partial charge is 0.309 e. The van der Waals surface area contributed by atoms with Crippen molar-refractivity contribution in [3.05, 3.63) is 68.1 Å². The lowest BCUT2D eigenvalue weighted by Gasteiger charge is -2.22. The van der Waals surface area contributed by atoms with Gasteiger partial charge in [-0.25, -0.2) is 0 Å². The zero-order valence-electron chi connectivity index (χ0n) is 12.1. The minimum absolute atomic E-state index is 0.173. The molecule has 110 valence electrons. The number of halogens is 2. The minimum Gasteiger partial charge on any atom is -0.309 e. The number of aryl methyl sites for hydroxylation is 2. The maximum Gasteiger partial charge on any atom is 0.0575 e. The van der Waals surface area contributed by atoms with Gasteiger partial charge in [-0.1, -0.05) is 45.7 Å². The molecule has 1 unspecified atom stereocenters. The third-order valence-electron chi connectivity index (χ3n) is 4.21. The SMILES string of the molecule is CNC(c1cc(Cl)cc(Br)c1)c1ccc2c(c1)CCCC2. The van der Waals surface area contributed by atoms with E-state index in [-0.39, 0.29) is 6.04 Å². The first-order chi connectivity index (χ1) is 10.2. The number of hydrogen-bond acceptors (Lipinski definition) is 1. The predicted octanol–water partition coefficient (Wildman–Crippen LogP) is 5.29. The summed E-state index contributed by atoms with van der Waals surface area (Å²) >= 11 is 9.73. The Labute approximate surface area is 139 Å². The van der Waals surface area contributed by atoms with Crippen molar-refractivity contribution < 1.29 is 0 Å². The molecule has 0 heterocycles. The highest BCUT2D eigenvalue weighted by molar-refractivity contribution is 9.10. The van der Waals surface area contributed by atoms with Gasteiger partial charge in [0.15, 0.2) is 0 Å². The van der Waals surface area contributed by atoms with Crippen molar-refractivity contribution in [2.75, 3.05) is 7.05 Å². The molecule has 1 aliphatic rings. The summed E-state index contributed by atoms with van der Waals surface area (Å²) in [6.07, 6.45) is 5.06. The van der Waals surface area contributed by atoms with Crippen LogP contribution in [0.15, 0.2) is 40.9 Å². The Morgan fingerprint density at radius 1 is 1.00 bits per heavy atom. The van der Waals surface area contributed by atoms with Crippen LogP contribution in [-0.2, 0) is 12.8 Å². The zero-order valence-corrected chi connectivity index (χ0v) is 14.5. The fourth-order valence-corrected chi connectivity index (χ4v) is 4.09. The second-order valence-electron chi connectivity index (χ2n) is 5.66. The molecule has 2 aromatic carbocycles. The fourth-order valence-electron chi connectivity index (χ4n) is 3.20. The number of fused-ring (bicyclic) bond motifs is 1. The molecule has 1 atom stereocenters. The molecule has 1 aliphatic carbocycles. The highest BCUT2D eigenvalue weighted by atomic mass is 79.9. The van der Waals surface area contributed by atoms with E-state index in [1.54, 1.807) is 0 Å². The number of hydrogen-bond donors (Lipinski definition) is 1. The molecule has 1 N–H and O–H groups in total. The molecule has 21 heavy (non-hydrogen) atoms. The topological polar surface area (TPSA) is 12.0 Å². The summed E-state index contributed by atoms with van der Waals surface area (Å²) in [5.74, 6) is 0. The van der Waals surface area contributed by atoms with Crippen LogP contribution in [0, 0.1) is 0 Å². The van der Waals surface area contributed by atoms with Gasteiger partial charge in [-0.05, 0) is 73.2 Å². The lowest BCUT2D eigenvalue weighted by Crippen LogP contribution is -2.18. The number of benzene rings is 2. The van der Waals surface area contributed by atoms with E-state index in [0.717, 1.165) is 9.50 Å². The molecule has 3 heteroatoms. The van der Waals surface area contributed by atoms with Crippen LogP contribution in [0.3, 0.4) is 0 Å². The van der Waals surface area contributed by atoms with Gasteiger partial charge < -0.3 is 5.32 Å². The lowest BCUT2D eigenvalue weighted by atomic mass is 9.88. The van der Waals surface area contributed by atoms with E-state index in [0.29, 0.717) is 0 Å². The summed E-state index contributed by atoms with van der Waals surface area (Å²) in [4.78, 5) is 0. The van der Waals surface area contributed by atoms with Crippen molar-refractivity contribution in [1.29, 1.82) is 0 Å². The third kappa shape index (κ3) is 3.33. The second-order valence-corrected chi connectivity index (χ2v) is 7.01. The van der Waals surface area contributed by atoms with Gasteiger partial charge in [-0.2, -0.15) is 0 Å². The Hall–Kier alpha value is -0.830. The van der Waals surface area contributed by atoms with Gasteiger partial charge in [-0.15, -0.1) is 0 Å². The summed E-state index contributed by atoms with van der Waals surface area (Å²) < 4.78 is 1.02. The summed E-state index contributed by atoms with van der Waals surface area (Å²) in [5.41, 5.74) is 5.53. The van der Waals surface area contributed by atoms with Crippen molar-refractivity contribution in [1.82, 2.24) is 5.32 Å². The molecule has 0 aliphatic heterocycles. The van der Waals surface area contributed by atoms with Crippen LogP contribution in [0.4, 0.5) is 0 Å². The van der Waals surface area contributed by atoms with E-state index in [4.69, 9.17) is 11.6 Å².